The van der Waals surface area contributed by atoms with Crippen LogP contribution in [0.5, 0.6) is 0 Å². The van der Waals surface area contributed by atoms with Crippen molar-refractivity contribution in [2.45, 2.75) is 19.5 Å². The molecule has 0 spiro atoms. The van der Waals surface area contributed by atoms with Gasteiger partial charge in [-0.25, -0.2) is 0 Å². The van der Waals surface area contributed by atoms with Crippen LogP contribution in [0.1, 0.15) is 12.5 Å². The van der Waals surface area contributed by atoms with Crippen LogP contribution in [0.25, 0.3) is 0 Å². The van der Waals surface area contributed by atoms with E-state index in [-0.39, 0.29) is 11.9 Å². The number of nitrogens with one attached hydrogen (secondary N) is 1. The Balaban J connectivity index is 1.93. The average molecular weight is 347 g/mol. The second-order valence-corrected chi connectivity index (χ2v) is 5.99. The van der Waals surface area contributed by atoms with Crippen LogP contribution in [0, 0.1) is 0 Å². The molecule has 0 heterocycles. The van der Waals surface area contributed by atoms with Gasteiger partial charge in [-0.15, -0.1) is 0 Å². The molecule has 0 aliphatic rings. The molecule has 0 bridgehead atoms. The summed E-state index contributed by atoms with van der Waals surface area (Å²) in [5.41, 5.74) is 2.01. The molecule has 0 saturated carbocycles. The summed E-state index contributed by atoms with van der Waals surface area (Å²) in [7, 11) is 1.96. The number of likely N-dealkylation sites (N-methyl/N-ethyl adjacent to an activating group) is 1. The predicted molar refractivity (Wildman–Crippen MR) is 90.1 cm³/mol. The Kier molecular flexibility index (Phi) is 5.53. The molecule has 1 amide bonds. The summed E-state index contributed by atoms with van der Waals surface area (Å²) in [6, 6.07) is 17.5. The van der Waals surface area contributed by atoms with E-state index in [1.165, 1.54) is 5.56 Å². The topological polar surface area (TPSA) is 32.3 Å². The lowest BCUT2D eigenvalue weighted by Gasteiger charge is -2.24. The van der Waals surface area contributed by atoms with Crippen LogP contribution in [-0.4, -0.2) is 23.9 Å². The quantitative estimate of drug-likeness (QED) is 0.890. The Morgan fingerprint density at radius 3 is 2.38 bits per heavy atom. The summed E-state index contributed by atoms with van der Waals surface area (Å²) in [6.45, 7) is 2.65. The van der Waals surface area contributed by atoms with Crippen LogP contribution in [-0.2, 0) is 11.3 Å². The molecule has 0 saturated heterocycles. The molecule has 2 rings (SSSR count). The van der Waals surface area contributed by atoms with E-state index < -0.39 is 0 Å². The number of rotatable bonds is 5. The molecular formula is C17H19BrN2O. The van der Waals surface area contributed by atoms with Gasteiger partial charge in [-0.3, -0.25) is 9.69 Å². The maximum absolute atomic E-state index is 12.2. The zero-order valence-corrected chi connectivity index (χ0v) is 13.8. The van der Waals surface area contributed by atoms with E-state index >= 15 is 0 Å². The highest BCUT2D eigenvalue weighted by Gasteiger charge is 2.18. The van der Waals surface area contributed by atoms with Crippen molar-refractivity contribution in [2.75, 3.05) is 12.4 Å². The maximum Gasteiger partial charge on any atom is 0.241 e. The van der Waals surface area contributed by atoms with Crippen LogP contribution in [0.3, 0.4) is 0 Å². The molecule has 0 aliphatic carbocycles. The second kappa shape index (κ2) is 7.38. The highest BCUT2D eigenvalue weighted by Crippen LogP contribution is 2.13. The summed E-state index contributed by atoms with van der Waals surface area (Å²) in [6.07, 6.45) is 0. The van der Waals surface area contributed by atoms with Gasteiger partial charge in [-0.2, -0.15) is 0 Å². The van der Waals surface area contributed by atoms with Gasteiger partial charge >= 0.3 is 0 Å². The normalized spacial score (nSPS) is 12.2. The first-order valence-electron chi connectivity index (χ1n) is 6.87. The Morgan fingerprint density at radius 2 is 1.76 bits per heavy atom. The highest BCUT2D eigenvalue weighted by atomic mass is 79.9. The monoisotopic (exact) mass is 346 g/mol. The number of carbonyl (C=O) groups is 1. The number of para-hydroxylation sites is 1. The number of hydrogen-bond acceptors (Lipinski definition) is 2. The number of amides is 1. The van der Waals surface area contributed by atoms with Crippen LogP contribution in [0.15, 0.2) is 59.1 Å². The number of benzene rings is 2. The molecule has 0 unspecified atom stereocenters. The van der Waals surface area contributed by atoms with E-state index in [0.717, 1.165) is 16.7 Å². The van der Waals surface area contributed by atoms with Gasteiger partial charge in [0.15, 0.2) is 0 Å². The highest BCUT2D eigenvalue weighted by molar-refractivity contribution is 9.10. The minimum absolute atomic E-state index is 0.000752. The zero-order valence-electron chi connectivity index (χ0n) is 12.2. The van der Waals surface area contributed by atoms with Crippen molar-refractivity contribution in [1.29, 1.82) is 0 Å². The standard InChI is InChI=1S/C17H19BrN2O/c1-13(17(21)19-16-6-4-3-5-7-16)20(2)12-14-8-10-15(18)11-9-14/h3-11,13H,12H2,1-2H3,(H,19,21)/t13-/m0/s1. The number of halogens is 1. The van der Waals surface area contributed by atoms with Crippen molar-refractivity contribution in [2.24, 2.45) is 0 Å². The lowest BCUT2D eigenvalue weighted by Crippen LogP contribution is -2.39. The largest absolute Gasteiger partial charge is 0.325 e. The third kappa shape index (κ3) is 4.69. The van der Waals surface area contributed by atoms with E-state index in [9.17, 15) is 4.79 Å². The Hall–Kier alpha value is -1.65. The lowest BCUT2D eigenvalue weighted by molar-refractivity contribution is -0.120. The number of anilines is 1. The molecule has 4 heteroatoms. The average Bonchev–Trinajstić information content (AvgIpc) is 2.49. The molecule has 0 aliphatic heterocycles. The minimum Gasteiger partial charge on any atom is -0.325 e. The molecule has 0 fully saturated rings. The molecule has 2 aromatic carbocycles. The lowest BCUT2D eigenvalue weighted by atomic mass is 10.2. The first kappa shape index (κ1) is 15.7. The van der Waals surface area contributed by atoms with Gasteiger partial charge in [0.25, 0.3) is 0 Å². The van der Waals surface area contributed by atoms with E-state index in [2.05, 4.69) is 33.4 Å². The maximum atomic E-state index is 12.2. The fourth-order valence-corrected chi connectivity index (χ4v) is 2.25. The summed E-state index contributed by atoms with van der Waals surface area (Å²) in [5.74, 6) is 0.000752. The van der Waals surface area contributed by atoms with Crippen molar-refractivity contribution < 1.29 is 4.79 Å². The SMILES string of the molecule is C[C@@H](C(=O)Nc1ccccc1)N(C)Cc1ccc(Br)cc1. The zero-order chi connectivity index (χ0) is 15.2. The molecule has 0 radical (unpaired) electrons. The molecule has 3 nitrogen and oxygen atoms in total. The molecule has 0 aromatic heterocycles. The van der Waals surface area contributed by atoms with Crippen molar-refractivity contribution in [3.05, 3.63) is 64.6 Å². The van der Waals surface area contributed by atoms with Gasteiger partial charge in [0.1, 0.15) is 0 Å². The van der Waals surface area contributed by atoms with Gasteiger partial charge < -0.3 is 5.32 Å². The Labute approximate surface area is 134 Å². The Morgan fingerprint density at radius 1 is 1.14 bits per heavy atom. The van der Waals surface area contributed by atoms with Gasteiger partial charge in [0.2, 0.25) is 5.91 Å². The number of hydrogen-bond donors (Lipinski definition) is 1. The van der Waals surface area contributed by atoms with Crippen LogP contribution < -0.4 is 5.32 Å². The van der Waals surface area contributed by atoms with Gasteiger partial charge in [0.05, 0.1) is 6.04 Å². The van der Waals surface area contributed by atoms with Crippen LogP contribution >= 0.6 is 15.9 Å². The van der Waals surface area contributed by atoms with Crippen molar-refractivity contribution >= 4 is 27.5 Å². The fraction of sp³-hybridized carbons (Fsp3) is 0.235. The van der Waals surface area contributed by atoms with Crippen molar-refractivity contribution in [1.82, 2.24) is 4.90 Å². The minimum atomic E-state index is -0.200. The summed E-state index contributed by atoms with van der Waals surface area (Å²) >= 11 is 3.42. The van der Waals surface area contributed by atoms with Gasteiger partial charge in [-0.05, 0) is 43.8 Å². The smallest absolute Gasteiger partial charge is 0.241 e. The fourth-order valence-electron chi connectivity index (χ4n) is 1.98. The third-order valence-corrected chi connectivity index (χ3v) is 3.96. The summed E-state index contributed by atoms with van der Waals surface area (Å²) < 4.78 is 1.06. The second-order valence-electron chi connectivity index (χ2n) is 5.07. The Bertz CT molecular complexity index is 583. The molecule has 1 N–H and O–H groups in total. The van der Waals surface area contributed by atoms with Gasteiger partial charge in [-0.1, -0.05) is 46.3 Å². The molecule has 21 heavy (non-hydrogen) atoms. The van der Waals surface area contributed by atoms with Crippen LogP contribution in [0.4, 0.5) is 5.69 Å². The molecule has 1 atom stereocenters. The predicted octanol–water partition coefficient (Wildman–Crippen LogP) is 3.91. The number of carbonyl (C=O) groups excluding carboxylic acids is 1. The molecule has 110 valence electrons. The summed E-state index contributed by atoms with van der Waals surface area (Å²) in [5, 5.41) is 2.93. The molecular weight excluding hydrogens is 328 g/mol. The van der Waals surface area contributed by atoms with Gasteiger partial charge in [0, 0.05) is 16.7 Å². The van der Waals surface area contributed by atoms with Crippen molar-refractivity contribution in [3.63, 3.8) is 0 Å². The van der Waals surface area contributed by atoms with E-state index in [4.69, 9.17) is 0 Å². The van der Waals surface area contributed by atoms with Crippen molar-refractivity contribution in [3.8, 4) is 0 Å². The first-order valence-corrected chi connectivity index (χ1v) is 7.66. The van der Waals surface area contributed by atoms with E-state index in [0.29, 0.717) is 0 Å². The summed E-state index contributed by atoms with van der Waals surface area (Å²) in [4.78, 5) is 14.3. The van der Waals surface area contributed by atoms with E-state index in [1.54, 1.807) is 0 Å². The molecule has 2 aromatic rings. The third-order valence-electron chi connectivity index (χ3n) is 3.43. The van der Waals surface area contributed by atoms with E-state index in [1.807, 2.05) is 61.3 Å². The van der Waals surface area contributed by atoms with Crippen LogP contribution in [0.2, 0.25) is 0 Å². The number of nitrogens with zero attached hydrogens (tertiary/aromatic N) is 1. The first-order chi connectivity index (χ1) is 10.1.